The molecule has 3 aromatic rings. The van der Waals surface area contributed by atoms with E-state index in [0.29, 0.717) is 65.9 Å². The maximum Gasteiger partial charge on any atom is 0.363 e. The number of ether oxygens (including phenoxy) is 1. The highest BCUT2D eigenvalue weighted by atomic mass is 32.1. The number of halogens is 1. The predicted octanol–water partition coefficient (Wildman–Crippen LogP) is 3.79. The number of hydrogen-bond acceptors (Lipinski definition) is 8. The second-order valence-corrected chi connectivity index (χ2v) is 16.8. The molecule has 0 bridgehead atoms. The third-order valence-electron chi connectivity index (χ3n) is 11.0. The Balaban J connectivity index is 0.964. The van der Waals surface area contributed by atoms with E-state index in [9.17, 15) is 33.1 Å². The average molecular weight is 712 g/mol. The van der Waals surface area contributed by atoms with Crippen LogP contribution in [0.4, 0.5) is 10.1 Å². The van der Waals surface area contributed by atoms with Crippen LogP contribution in [0.2, 0.25) is 0 Å². The molecule has 49 heavy (non-hydrogen) atoms. The fourth-order valence-electron chi connectivity index (χ4n) is 8.25. The maximum absolute atomic E-state index is 14.3. The molecule has 3 N–H and O–H groups in total. The molecule has 4 aliphatic heterocycles. The molecule has 0 radical (unpaired) electrons. The van der Waals surface area contributed by atoms with E-state index in [1.807, 2.05) is 17.2 Å². The van der Waals surface area contributed by atoms with Gasteiger partial charge in [0.1, 0.15) is 12.1 Å². The monoisotopic (exact) mass is 711 g/mol. The minimum absolute atomic E-state index is 0.0371. The van der Waals surface area contributed by atoms with Crippen LogP contribution in [0.5, 0.6) is 0 Å². The third kappa shape index (κ3) is 6.27. The quantitative estimate of drug-likeness (QED) is 0.311. The zero-order valence-corrected chi connectivity index (χ0v) is 28.5. The number of rotatable bonds is 7. The zero-order chi connectivity index (χ0) is 34.0. The number of pyridine rings is 1. The molecule has 3 amide bonds. The van der Waals surface area contributed by atoms with Crippen molar-refractivity contribution in [1.82, 2.24) is 20.1 Å². The summed E-state index contributed by atoms with van der Waals surface area (Å²) in [7, 11) is -4.98. The number of likely N-dealkylation sites (tertiary alicyclic amines) is 1. The molecule has 1 aliphatic carbocycles. The molecule has 4 saturated heterocycles. The standard InChI is InChI=1S/C34H39FN5O7PS/c35-31(48(44,45)46)19-1-4-29-22(11-19)15-30(49-29)32(41)37-26-14-21-12-20(21)13-24-2-3-28(40(24)33(26)42)34(43)39-17-23(18-39)25-16-36-6-5-27(25)38-7-9-47-10-8-38/h1,4-6,11,15-16,20-21,23-24,26,28,31H,2-3,7-10,12-14,17-18H2,(H,37,41)(H2,44,45,46)/t20-,21+,24-,26+,28+,31+/m1/s1. The summed E-state index contributed by atoms with van der Waals surface area (Å²) in [6.45, 7) is 4.13. The number of thiophene rings is 1. The van der Waals surface area contributed by atoms with Gasteiger partial charge in [0, 0.05) is 66.5 Å². The number of nitrogens with one attached hydrogen (secondary N) is 1. The second-order valence-electron chi connectivity index (χ2n) is 14.1. The summed E-state index contributed by atoms with van der Waals surface area (Å²) in [6, 6.07) is 6.39. The topological polar surface area (TPSA) is 153 Å². The van der Waals surface area contributed by atoms with Gasteiger partial charge >= 0.3 is 7.60 Å². The van der Waals surface area contributed by atoms with E-state index in [0.717, 1.165) is 54.9 Å². The van der Waals surface area contributed by atoms with Gasteiger partial charge in [0.25, 0.3) is 5.91 Å². The van der Waals surface area contributed by atoms with Gasteiger partial charge in [-0.2, -0.15) is 0 Å². The number of carbonyl (C=O) groups excluding carboxylic acids is 3. The van der Waals surface area contributed by atoms with Gasteiger partial charge in [-0.05, 0) is 79.2 Å². The van der Waals surface area contributed by atoms with Crippen molar-refractivity contribution in [2.24, 2.45) is 11.8 Å². The van der Waals surface area contributed by atoms with E-state index in [2.05, 4.69) is 15.2 Å². The number of aromatic nitrogens is 1. The van der Waals surface area contributed by atoms with E-state index in [1.54, 1.807) is 17.2 Å². The van der Waals surface area contributed by atoms with Crippen molar-refractivity contribution in [3.8, 4) is 0 Å². The number of fused-ring (bicyclic) bond motifs is 3. The molecule has 6 atom stereocenters. The van der Waals surface area contributed by atoms with Gasteiger partial charge in [0.2, 0.25) is 17.7 Å². The zero-order valence-electron chi connectivity index (χ0n) is 26.8. The first-order chi connectivity index (χ1) is 23.5. The number of anilines is 1. The minimum atomic E-state index is -4.98. The maximum atomic E-state index is 14.3. The van der Waals surface area contributed by atoms with Crippen LogP contribution in [-0.2, 0) is 18.9 Å². The van der Waals surface area contributed by atoms with Gasteiger partial charge in [0.15, 0.2) is 0 Å². The largest absolute Gasteiger partial charge is 0.378 e. The average Bonchev–Trinajstić information content (AvgIpc) is 3.43. The van der Waals surface area contributed by atoms with Crippen LogP contribution in [0.1, 0.15) is 64.7 Å². The van der Waals surface area contributed by atoms with E-state index in [4.69, 9.17) is 4.74 Å². The van der Waals surface area contributed by atoms with Crippen molar-refractivity contribution in [2.75, 3.05) is 44.3 Å². The Kier molecular flexibility index (Phi) is 8.51. The summed E-state index contributed by atoms with van der Waals surface area (Å²) in [5.74, 6) is -2.17. The summed E-state index contributed by atoms with van der Waals surface area (Å²) < 4.78 is 32.0. The number of hydrogen-bond donors (Lipinski definition) is 3. The highest BCUT2D eigenvalue weighted by Crippen LogP contribution is 2.53. The normalized spacial score (nSPS) is 27.9. The lowest BCUT2D eigenvalue weighted by molar-refractivity contribution is -0.149. The van der Waals surface area contributed by atoms with Gasteiger partial charge in [-0.15, -0.1) is 11.3 Å². The number of amides is 3. The minimum Gasteiger partial charge on any atom is -0.378 e. The van der Waals surface area contributed by atoms with E-state index in [-0.39, 0.29) is 29.3 Å². The first kappa shape index (κ1) is 32.8. The fourth-order valence-corrected chi connectivity index (χ4v) is 9.74. The molecule has 5 fully saturated rings. The van der Waals surface area contributed by atoms with Gasteiger partial charge in [-0.3, -0.25) is 23.9 Å². The SMILES string of the molecule is O=C(N[C@H]1C[C@@H]2C[C@@H]2C[C@H]2CC[C@@H](C(=O)N3CC(c4cnccc4N4CCOCC4)C3)N2C1=O)c1cc2cc([C@@H](F)P(=O)(O)O)ccc2s1. The molecule has 0 unspecified atom stereocenters. The molecule has 0 spiro atoms. The Morgan fingerprint density at radius 2 is 1.84 bits per heavy atom. The molecule has 6 heterocycles. The van der Waals surface area contributed by atoms with Crippen molar-refractivity contribution < 1.29 is 37.9 Å². The predicted molar refractivity (Wildman–Crippen MR) is 180 cm³/mol. The van der Waals surface area contributed by atoms with Crippen LogP contribution >= 0.6 is 18.9 Å². The lowest BCUT2D eigenvalue weighted by Gasteiger charge is -2.44. The van der Waals surface area contributed by atoms with E-state index in [1.165, 1.54) is 18.2 Å². The highest BCUT2D eigenvalue weighted by Gasteiger charge is 2.52. The Morgan fingerprint density at radius 1 is 1.06 bits per heavy atom. The van der Waals surface area contributed by atoms with Crippen molar-refractivity contribution in [3.05, 3.63) is 58.7 Å². The first-order valence-corrected chi connectivity index (χ1v) is 19.5. The van der Waals surface area contributed by atoms with E-state index >= 15 is 0 Å². The lowest BCUT2D eigenvalue weighted by Crippen LogP contribution is -2.59. The van der Waals surface area contributed by atoms with Crippen molar-refractivity contribution in [2.45, 2.75) is 62.1 Å². The number of carbonyl (C=O) groups is 3. The molecule has 2 aromatic heterocycles. The van der Waals surface area contributed by atoms with Crippen LogP contribution in [0.3, 0.4) is 0 Å². The molecule has 1 saturated carbocycles. The lowest BCUT2D eigenvalue weighted by atomic mass is 9.90. The van der Waals surface area contributed by atoms with Crippen LogP contribution in [0.25, 0.3) is 10.1 Å². The Bertz CT molecular complexity index is 1840. The first-order valence-electron chi connectivity index (χ1n) is 17.0. The number of benzene rings is 1. The molecule has 12 nitrogen and oxygen atoms in total. The number of nitrogens with zero attached hydrogens (tertiary/aromatic N) is 4. The van der Waals surface area contributed by atoms with Crippen molar-refractivity contribution in [3.63, 3.8) is 0 Å². The molecule has 260 valence electrons. The Hall–Kier alpha value is -3.42. The summed E-state index contributed by atoms with van der Waals surface area (Å²) in [5.41, 5.74) is 2.11. The van der Waals surface area contributed by atoms with Crippen LogP contribution in [0, 0.1) is 11.8 Å². The van der Waals surface area contributed by atoms with Gasteiger partial charge in [-0.1, -0.05) is 6.07 Å². The second kappa shape index (κ2) is 12.7. The van der Waals surface area contributed by atoms with Crippen LogP contribution in [0.15, 0.2) is 42.7 Å². The number of morpholine rings is 1. The molecule has 15 heteroatoms. The van der Waals surface area contributed by atoms with Crippen LogP contribution in [-0.4, -0.2) is 99.8 Å². The fraction of sp³-hybridized carbons (Fsp3) is 0.529. The molecule has 1 aromatic carbocycles. The van der Waals surface area contributed by atoms with Gasteiger partial charge < -0.3 is 34.5 Å². The summed E-state index contributed by atoms with van der Waals surface area (Å²) in [4.78, 5) is 71.0. The summed E-state index contributed by atoms with van der Waals surface area (Å²) >= 11 is 1.16. The smallest absolute Gasteiger partial charge is 0.363 e. The van der Waals surface area contributed by atoms with Gasteiger partial charge in [-0.25, -0.2) is 4.39 Å². The van der Waals surface area contributed by atoms with Crippen molar-refractivity contribution in [1.29, 1.82) is 0 Å². The molecule has 8 rings (SSSR count). The van der Waals surface area contributed by atoms with E-state index < -0.39 is 31.5 Å². The Morgan fingerprint density at radius 3 is 2.61 bits per heavy atom. The molecule has 5 aliphatic rings. The molecular formula is C34H39FN5O7PS. The third-order valence-corrected chi connectivity index (χ3v) is 13.0. The van der Waals surface area contributed by atoms with Crippen LogP contribution < -0.4 is 10.2 Å². The highest BCUT2D eigenvalue weighted by molar-refractivity contribution is 7.51. The number of alkyl halides is 1. The Labute approximate surface area is 286 Å². The molecular weight excluding hydrogens is 672 g/mol. The summed E-state index contributed by atoms with van der Waals surface area (Å²) in [5, 5.41) is 3.45. The van der Waals surface area contributed by atoms with Gasteiger partial charge in [0.05, 0.1) is 18.1 Å². The summed E-state index contributed by atoms with van der Waals surface area (Å²) in [6.07, 6.45) is 7.46. The van der Waals surface area contributed by atoms with Crippen molar-refractivity contribution >= 4 is 52.4 Å².